The van der Waals surface area contributed by atoms with E-state index in [1.165, 1.54) is 0 Å². The van der Waals surface area contributed by atoms with Crippen LogP contribution in [0.2, 0.25) is 5.02 Å². The van der Waals surface area contributed by atoms with E-state index in [0.29, 0.717) is 16.7 Å². The molecule has 0 radical (unpaired) electrons. The highest BCUT2D eigenvalue weighted by Gasteiger charge is 2.04. The number of imidazole rings is 1. The number of amides is 2. The molecule has 0 aliphatic carbocycles. The molecule has 0 aliphatic heterocycles. The molecule has 0 fully saturated rings. The third-order valence-electron chi connectivity index (χ3n) is 2.16. The van der Waals surface area contributed by atoms with Crippen molar-refractivity contribution in [3.05, 3.63) is 41.2 Å². The van der Waals surface area contributed by atoms with E-state index in [4.69, 9.17) is 11.6 Å². The number of H-pyrrole nitrogens is 1. The topological polar surface area (TPSA) is 69.8 Å². The zero-order valence-electron chi connectivity index (χ0n) is 9.12. The number of aryl methyl sites for hydroxylation is 1. The number of carbonyl (C=O) groups is 1. The lowest BCUT2D eigenvalue weighted by Gasteiger charge is -2.06. The van der Waals surface area contributed by atoms with Gasteiger partial charge in [-0.25, -0.2) is 9.78 Å². The smallest absolute Gasteiger partial charge is 0.326 e. The molecule has 5 nitrogen and oxygen atoms in total. The first-order chi connectivity index (χ1) is 8.15. The molecule has 88 valence electrons. The van der Waals surface area contributed by atoms with Crippen molar-refractivity contribution >= 4 is 29.3 Å². The SMILES string of the molecule is Cc1ccc(NC(=O)Nc2ncc[nH]2)cc1Cl. The number of rotatable bonds is 2. The van der Waals surface area contributed by atoms with Crippen LogP contribution in [0.25, 0.3) is 0 Å². The summed E-state index contributed by atoms with van der Waals surface area (Å²) in [5, 5.41) is 5.81. The summed E-state index contributed by atoms with van der Waals surface area (Å²) in [7, 11) is 0. The second kappa shape index (κ2) is 4.88. The van der Waals surface area contributed by atoms with Crippen LogP contribution in [0.15, 0.2) is 30.6 Å². The Bertz CT molecular complexity index is 524. The van der Waals surface area contributed by atoms with E-state index < -0.39 is 0 Å². The molecule has 0 bridgehead atoms. The van der Waals surface area contributed by atoms with Crippen LogP contribution in [0.1, 0.15) is 5.56 Å². The fourth-order valence-corrected chi connectivity index (χ4v) is 1.45. The maximum absolute atomic E-state index is 11.6. The van der Waals surface area contributed by atoms with Crippen molar-refractivity contribution in [3.8, 4) is 0 Å². The Labute approximate surface area is 103 Å². The van der Waals surface area contributed by atoms with Gasteiger partial charge in [-0.05, 0) is 24.6 Å². The van der Waals surface area contributed by atoms with Crippen LogP contribution in [-0.2, 0) is 0 Å². The first kappa shape index (κ1) is 11.5. The lowest BCUT2D eigenvalue weighted by atomic mass is 10.2. The Balaban J connectivity index is 2.00. The normalized spacial score (nSPS) is 10.0. The summed E-state index contributed by atoms with van der Waals surface area (Å²) in [5.41, 5.74) is 1.59. The van der Waals surface area contributed by atoms with Crippen molar-refractivity contribution in [1.82, 2.24) is 9.97 Å². The maximum atomic E-state index is 11.6. The fourth-order valence-electron chi connectivity index (χ4n) is 1.27. The van der Waals surface area contributed by atoms with Gasteiger partial charge in [-0.2, -0.15) is 0 Å². The van der Waals surface area contributed by atoms with Gasteiger partial charge in [0.05, 0.1) is 0 Å². The van der Waals surface area contributed by atoms with E-state index in [-0.39, 0.29) is 6.03 Å². The number of hydrogen-bond acceptors (Lipinski definition) is 2. The largest absolute Gasteiger partial charge is 0.331 e. The molecule has 0 atom stereocenters. The van der Waals surface area contributed by atoms with Gasteiger partial charge in [-0.3, -0.25) is 5.32 Å². The molecule has 0 unspecified atom stereocenters. The summed E-state index contributed by atoms with van der Waals surface area (Å²) in [6, 6.07) is 4.94. The number of carbonyl (C=O) groups excluding carboxylic acids is 1. The first-order valence-electron chi connectivity index (χ1n) is 4.98. The molecule has 1 aromatic carbocycles. The van der Waals surface area contributed by atoms with Crippen LogP contribution in [-0.4, -0.2) is 16.0 Å². The van der Waals surface area contributed by atoms with Crippen molar-refractivity contribution in [3.63, 3.8) is 0 Å². The zero-order chi connectivity index (χ0) is 12.3. The molecule has 1 heterocycles. The third kappa shape index (κ3) is 2.98. The Morgan fingerprint density at radius 2 is 2.24 bits per heavy atom. The monoisotopic (exact) mass is 250 g/mol. The lowest BCUT2D eigenvalue weighted by Crippen LogP contribution is -2.20. The lowest BCUT2D eigenvalue weighted by molar-refractivity contribution is 0.262. The maximum Gasteiger partial charge on any atom is 0.326 e. The van der Waals surface area contributed by atoms with Crippen LogP contribution in [0, 0.1) is 6.92 Å². The minimum absolute atomic E-state index is 0.375. The number of hydrogen-bond donors (Lipinski definition) is 3. The molecule has 2 rings (SSSR count). The molecule has 6 heteroatoms. The highest BCUT2D eigenvalue weighted by molar-refractivity contribution is 6.31. The summed E-state index contributed by atoms with van der Waals surface area (Å²) >= 11 is 5.95. The summed E-state index contributed by atoms with van der Waals surface area (Å²) < 4.78 is 0. The number of aromatic nitrogens is 2. The fraction of sp³-hybridized carbons (Fsp3) is 0.0909. The highest BCUT2D eigenvalue weighted by atomic mass is 35.5. The number of nitrogens with one attached hydrogen (secondary N) is 3. The predicted octanol–water partition coefficient (Wildman–Crippen LogP) is 3.02. The van der Waals surface area contributed by atoms with Crippen molar-refractivity contribution in [2.75, 3.05) is 10.6 Å². The highest BCUT2D eigenvalue weighted by Crippen LogP contribution is 2.19. The first-order valence-corrected chi connectivity index (χ1v) is 5.36. The minimum Gasteiger partial charge on any atom is -0.331 e. The number of benzene rings is 1. The molecule has 0 aliphatic rings. The Morgan fingerprint density at radius 3 is 2.88 bits per heavy atom. The molecule has 0 spiro atoms. The Hall–Kier alpha value is -2.01. The van der Waals surface area contributed by atoms with E-state index in [0.717, 1.165) is 5.56 Å². The van der Waals surface area contributed by atoms with Crippen molar-refractivity contribution < 1.29 is 4.79 Å². The van der Waals surface area contributed by atoms with Crippen LogP contribution in [0.4, 0.5) is 16.4 Å². The van der Waals surface area contributed by atoms with Gasteiger partial charge in [0.2, 0.25) is 5.95 Å². The second-order valence-corrected chi connectivity index (χ2v) is 3.89. The standard InChI is InChI=1S/C11H11ClN4O/c1-7-2-3-8(6-9(7)12)15-11(17)16-10-13-4-5-14-10/h2-6H,1H3,(H3,13,14,15,16,17). The molecule has 0 saturated carbocycles. The molecule has 2 aromatic rings. The van der Waals surface area contributed by atoms with E-state index in [9.17, 15) is 4.79 Å². The van der Waals surface area contributed by atoms with Gasteiger partial charge in [0.25, 0.3) is 0 Å². The number of aromatic amines is 1. The van der Waals surface area contributed by atoms with Crippen molar-refractivity contribution in [1.29, 1.82) is 0 Å². The van der Waals surface area contributed by atoms with Gasteiger partial charge in [0.15, 0.2) is 0 Å². The van der Waals surface area contributed by atoms with Gasteiger partial charge in [-0.1, -0.05) is 17.7 Å². The zero-order valence-corrected chi connectivity index (χ0v) is 9.88. The minimum atomic E-state index is -0.375. The van der Waals surface area contributed by atoms with Crippen LogP contribution < -0.4 is 10.6 Å². The average molecular weight is 251 g/mol. The third-order valence-corrected chi connectivity index (χ3v) is 2.57. The second-order valence-electron chi connectivity index (χ2n) is 3.48. The summed E-state index contributed by atoms with van der Waals surface area (Å²) in [6.07, 6.45) is 3.18. The van der Waals surface area contributed by atoms with E-state index >= 15 is 0 Å². The molecule has 17 heavy (non-hydrogen) atoms. The molecular formula is C11H11ClN4O. The van der Waals surface area contributed by atoms with Gasteiger partial charge in [0.1, 0.15) is 0 Å². The van der Waals surface area contributed by atoms with E-state index in [1.54, 1.807) is 24.5 Å². The quantitative estimate of drug-likeness (QED) is 0.767. The average Bonchev–Trinajstić information content (AvgIpc) is 2.76. The number of anilines is 2. The number of urea groups is 1. The van der Waals surface area contributed by atoms with Crippen LogP contribution in [0.3, 0.4) is 0 Å². The predicted molar refractivity (Wildman–Crippen MR) is 67.4 cm³/mol. The van der Waals surface area contributed by atoms with E-state index in [2.05, 4.69) is 20.6 Å². The van der Waals surface area contributed by atoms with Crippen LogP contribution in [0.5, 0.6) is 0 Å². The van der Waals surface area contributed by atoms with Gasteiger partial charge in [0, 0.05) is 23.1 Å². The van der Waals surface area contributed by atoms with Gasteiger partial charge < -0.3 is 10.3 Å². The van der Waals surface area contributed by atoms with Gasteiger partial charge >= 0.3 is 6.03 Å². The Kier molecular flexibility index (Phi) is 3.30. The molecular weight excluding hydrogens is 240 g/mol. The summed E-state index contributed by atoms with van der Waals surface area (Å²) in [4.78, 5) is 18.2. The van der Waals surface area contributed by atoms with E-state index in [1.807, 2.05) is 13.0 Å². The van der Waals surface area contributed by atoms with Gasteiger partial charge in [-0.15, -0.1) is 0 Å². The Morgan fingerprint density at radius 1 is 1.41 bits per heavy atom. The van der Waals surface area contributed by atoms with Crippen molar-refractivity contribution in [2.24, 2.45) is 0 Å². The number of halogens is 1. The summed E-state index contributed by atoms with van der Waals surface area (Å²) in [6.45, 7) is 1.90. The van der Waals surface area contributed by atoms with Crippen molar-refractivity contribution in [2.45, 2.75) is 6.92 Å². The molecule has 1 aromatic heterocycles. The molecule has 0 saturated heterocycles. The van der Waals surface area contributed by atoms with Crippen LogP contribution >= 0.6 is 11.6 Å². The number of nitrogens with zero attached hydrogens (tertiary/aromatic N) is 1. The summed E-state index contributed by atoms with van der Waals surface area (Å²) in [5.74, 6) is 0.390. The molecule has 2 amide bonds. The molecule has 3 N–H and O–H groups in total.